The number of hydrogen-bond acceptors (Lipinski definition) is 4. The van der Waals surface area contributed by atoms with E-state index in [1.165, 1.54) is 5.56 Å². The van der Waals surface area contributed by atoms with Gasteiger partial charge in [0.15, 0.2) is 5.82 Å². The molecule has 2 aromatic carbocycles. The Bertz CT molecular complexity index is 987. The Balaban J connectivity index is 1.30. The molecule has 0 N–H and O–H groups in total. The third-order valence-electron chi connectivity index (χ3n) is 5.48. The molecular weight excluding hydrogens is 352 g/mol. The Morgan fingerprint density at radius 2 is 1.89 bits per heavy atom. The van der Waals surface area contributed by atoms with Crippen LogP contribution >= 0.6 is 0 Å². The van der Waals surface area contributed by atoms with Crippen LogP contribution in [0.25, 0.3) is 0 Å². The molecule has 0 saturated heterocycles. The molecule has 6 nitrogen and oxygen atoms in total. The van der Waals surface area contributed by atoms with Gasteiger partial charge in [-0.15, -0.1) is 0 Å². The van der Waals surface area contributed by atoms with Crippen LogP contribution in [-0.2, 0) is 37.3 Å². The van der Waals surface area contributed by atoms with Gasteiger partial charge in [-0.05, 0) is 22.8 Å². The fourth-order valence-corrected chi connectivity index (χ4v) is 3.98. The molecule has 0 fully saturated rings. The first-order valence-corrected chi connectivity index (χ1v) is 9.72. The molecule has 6 heteroatoms. The first-order chi connectivity index (χ1) is 13.8. The van der Waals surface area contributed by atoms with Crippen LogP contribution in [0.2, 0.25) is 0 Å². The molecule has 0 bridgehead atoms. The molecule has 2 aliphatic heterocycles. The van der Waals surface area contributed by atoms with Crippen LogP contribution in [0.4, 0.5) is 0 Å². The van der Waals surface area contributed by atoms with Crippen LogP contribution < -0.4 is 0 Å². The van der Waals surface area contributed by atoms with Crippen LogP contribution in [0.1, 0.15) is 38.7 Å². The summed E-state index contributed by atoms with van der Waals surface area (Å²) in [7, 11) is 0. The third-order valence-corrected chi connectivity index (χ3v) is 5.48. The van der Waals surface area contributed by atoms with E-state index < -0.39 is 0 Å². The van der Waals surface area contributed by atoms with Crippen molar-refractivity contribution < 1.29 is 9.53 Å². The molecule has 142 valence electrons. The molecule has 0 aliphatic carbocycles. The van der Waals surface area contributed by atoms with Gasteiger partial charge in [0.2, 0.25) is 0 Å². The van der Waals surface area contributed by atoms with Crippen LogP contribution in [0.3, 0.4) is 0 Å². The first kappa shape index (κ1) is 17.1. The second kappa shape index (κ2) is 7.20. The summed E-state index contributed by atoms with van der Waals surface area (Å²) >= 11 is 0. The van der Waals surface area contributed by atoms with Gasteiger partial charge in [0.1, 0.15) is 5.82 Å². The third kappa shape index (κ3) is 3.20. The van der Waals surface area contributed by atoms with E-state index in [1.54, 1.807) is 0 Å². The molecule has 2 aliphatic rings. The van der Waals surface area contributed by atoms with Gasteiger partial charge < -0.3 is 9.64 Å². The molecule has 0 atom stereocenters. The second-order valence-electron chi connectivity index (χ2n) is 7.31. The minimum Gasteiger partial charge on any atom is -0.372 e. The van der Waals surface area contributed by atoms with E-state index in [-0.39, 0.29) is 5.91 Å². The largest absolute Gasteiger partial charge is 0.372 e. The van der Waals surface area contributed by atoms with Crippen molar-refractivity contribution in [2.45, 2.75) is 32.6 Å². The van der Waals surface area contributed by atoms with E-state index in [0.717, 1.165) is 41.2 Å². The van der Waals surface area contributed by atoms with E-state index in [0.29, 0.717) is 32.8 Å². The molecule has 28 heavy (non-hydrogen) atoms. The van der Waals surface area contributed by atoms with Crippen molar-refractivity contribution in [3.8, 4) is 0 Å². The molecule has 3 heterocycles. The highest BCUT2D eigenvalue weighted by Crippen LogP contribution is 2.25. The topological polar surface area (TPSA) is 60.2 Å². The van der Waals surface area contributed by atoms with Crippen molar-refractivity contribution in [1.29, 1.82) is 0 Å². The maximum atomic E-state index is 13.1. The van der Waals surface area contributed by atoms with Crippen molar-refractivity contribution >= 4 is 5.91 Å². The molecule has 0 radical (unpaired) electrons. The summed E-state index contributed by atoms with van der Waals surface area (Å²) < 4.78 is 7.49. The summed E-state index contributed by atoms with van der Waals surface area (Å²) in [5.41, 5.74) is 4.14. The number of amides is 1. The predicted molar refractivity (Wildman–Crippen MR) is 104 cm³/mol. The highest BCUT2D eigenvalue weighted by Gasteiger charge is 2.25. The van der Waals surface area contributed by atoms with Crippen molar-refractivity contribution in [2.75, 3.05) is 13.1 Å². The standard InChI is InChI=1S/C22H22N4O2/c27-22(18-8-4-7-17-14-28-15-19(17)18)25-10-9-21-23-20(24-26(21)12-11-25)13-16-5-2-1-3-6-16/h1-8H,9-15H2. The van der Waals surface area contributed by atoms with Gasteiger partial charge in [0, 0.05) is 31.5 Å². The van der Waals surface area contributed by atoms with Gasteiger partial charge in [0.05, 0.1) is 19.8 Å². The number of hydrogen-bond donors (Lipinski definition) is 0. The monoisotopic (exact) mass is 374 g/mol. The minimum absolute atomic E-state index is 0.0811. The summed E-state index contributed by atoms with van der Waals surface area (Å²) in [6.07, 6.45) is 1.46. The summed E-state index contributed by atoms with van der Waals surface area (Å²) in [6.45, 7) is 3.10. The average molecular weight is 374 g/mol. The van der Waals surface area contributed by atoms with E-state index in [4.69, 9.17) is 9.72 Å². The fraction of sp³-hybridized carbons (Fsp3) is 0.318. The minimum atomic E-state index is 0.0811. The Hall–Kier alpha value is -2.99. The van der Waals surface area contributed by atoms with Crippen molar-refractivity contribution in [3.05, 3.63) is 82.4 Å². The average Bonchev–Trinajstić information content (AvgIpc) is 3.30. The van der Waals surface area contributed by atoms with E-state index in [2.05, 4.69) is 17.2 Å². The van der Waals surface area contributed by atoms with Crippen LogP contribution in [0.5, 0.6) is 0 Å². The van der Waals surface area contributed by atoms with Crippen LogP contribution in [-0.4, -0.2) is 38.7 Å². The fourth-order valence-electron chi connectivity index (χ4n) is 3.98. The zero-order valence-electron chi connectivity index (χ0n) is 15.7. The highest BCUT2D eigenvalue weighted by molar-refractivity contribution is 5.96. The zero-order valence-corrected chi connectivity index (χ0v) is 15.7. The van der Waals surface area contributed by atoms with E-state index in [1.807, 2.05) is 46.0 Å². The Morgan fingerprint density at radius 3 is 2.79 bits per heavy atom. The second-order valence-corrected chi connectivity index (χ2v) is 7.31. The predicted octanol–water partition coefficient (Wildman–Crippen LogP) is 2.60. The molecule has 3 aromatic rings. The Kier molecular flexibility index (Phi) is 4.41. The maximum absolute atomic E-state index is 13.1. The van der Waals surface area contributed by atoms with E-state index >= 15 is 0 Å². The van der Waals surface area contributed by atoms with E-state index in [9.17, 15) is 4.79 Å². The number of ether oxygens (including phenoxy) is 1. The number of aromatic nitrogens is 3. The lowest BCUT2D eigenvalue weighted by Crippen LogP contribution is -2.34. The van der Waals surface area contributed by atoms with Crippen molar-refractivity contribution in [2.24, 2.45) is 0 Å². The summed E-state index contributed by atoms with van der Waals surface area (Å²) in [4.78, 5) is 19.8. The maximum Gasteiger partial charge on any atom is 0.254 e. The van der Waals surface area contributed by atoms with Gasteiger partial charge >= 0.3 is 0 Å². The summed E-state index contributed by atoms with van der Waals surface area (Å²) in [5, 5.41) is 4.68. The van der Waals surface area contributed by atoms with Crippen LogP contribution in [0, 0.1) is 0 Å². The quantitative estimate of drug-likeness (QED) is 0.707. The number of benzene rings is 2. The van der Waals surface area contributed by atoms with Gasteiger partial charge in [-0.25, -0.2) is 9.67 Å². The number of rotatable bonds is 3. The summed E-state index contributed by atoms with van der Waals surface area (Å²) in [6, 6.07) is 16.2. The van der Waals surface area contributed by atoms with Crippen molar-refractivity contribution in [3.63, 3.8) is 0 Å². The molecule has 0 saturated carbocycles. The lowest BCUT2D eigenvalue weighted by molar-refractivity contribution is 0.0753. The molecular formula is C22H22N4O2. The SMILES string of the molecule is O=C(c1cccc2c1COC2)N1CCc2nc(Cc3ccccc3)nn2CC1. The smallest absolute Gasteiger partial charge is 0.254 e. The van der Waals surface area contributed by atoms with Gasteiger partial charge in [-0.3, -0.25) is 4.79 Å². The molecule has 0 spiro atoms. The first-order valence-electron chi connectivity index (χ1n) is 9.72. The molecule has 1 aromatic heterocycles. The van der Waals surface area contributed by atoms with Crippen molar-refractivity contribution in [1.82, 2.24) is 19.7 Å². The summed E-state index contributed by atoms with van der Waals surface area (Å²) in [5.74, 6) is 1.89. The Labute approximate surface area is 163 Å². The zero-order chi connectivity index (χ0) is 18.9. The number of carbonyl (C=O) groups excluding carboxylic acids is 1. The van der Waals surface area contributed by atoms with Gasteiger partial charge in [0.25, 0.3) is 5.91 Å². The molecule has 1 amide bonds. The lowest BCUT2D eigenvalue weighted by Gasteiger charge is -2.21. The van der Waals surface area contributed by atoms with Gasteiger partial charge in [-0.1, -0.05) is 42.5 Å². The Morgan fingerprint density at radius 1 is 1.00 bits per heavy atom. The van der Waals surface area contributed by atoms with Crippen LogP contribution in [0.15, 0.2) is 48.5 Å². The number of carbonyl (C=O) groups is 1. The highest BCUT2D eigenvalue weighted by atomic mass is 16.5. The lowest BCUT2D eigenvalue weighted by atomic mass is 10.0. The molecule has 0 unspecified atom stereocenters. The number of fused-ring (bicyclic) bond motifs is 2. The number of nitrogens with zero attached hydrogens (tertiary/aromatic N) is 4. The normalized spacial score (nSPS) is 15.8. The van der Waals surface area contributed by atoms with Gasteiger partial charge in [-0.2, -0.15) is 5.10 Å². The molecule has 5 rings (SSSR count).